The van der Waals surface area contributed by atoms with Crippen LogP contribution in [0, 0.1) is 12.7 Å². The number of rotatable bonds is 4. The van der Waals surface area contributed by atoms with Gasteiger partial charge in [0.25, 0.3) is 0 Å². The molecule has 0 heterocycles. The van der Waals surface area contributed by atoms with E-state index < -0.39 is 5.97 Å². The smallest absolute Gasteiger partial charge is 0.337 e. The number of esters is 1. The third-order valence-electron chi connectivity index (χ3n) is 3.18. The van der Waals surface area contributed by atoms with E-state index in [0.717, 1.165) is 11.3 Å². The summed E-state index contributed by atoms with van der Waals surface area (Å²) in [4.78, 5) is 11.5. The van der Waals surface area contributed by atoms with Crippen LogP contribution in [0.5, 0.6) is 0 Å². The third kappa shape index (κ3) is 3.52. The molecule has 0 aliphatic rings. The van der Waals surface area contributed by atoms with Gasteiger partial charge in [0.15, 0.2) is 0 Å². The molecule has 0 radical (unpaired) electrons. The molecule has 0 aromatic heterocycles. The van der Waals surface area contributed by atoms with Crippen LogP contribution in [0.15, 0.2) is 36.4 Å². The van der Waals surface area contributed by atoms with Crippen molar-refractivity contribution in [3.05, 3.63) is 63.9 Å². The molecular formula is C16H15ClFNO2. The van der Waals surface area contributed by atoms with Crippen LogP contribution in [0.1, 0.15) is 21.5 Å². The molecule has 2 aromatic rings. The van der Waals surface area contributed by atoms with Crippen LogP contribution in [0.25, 0.3) is 0 Å². The molecule has 0 aliphatic heterocycles. The van der Waals surface area contributed by atoms with Gasteiger partial charge < -0.3 is 10.1 Å². The largest absolute Gasteiger partial charge is 0.465 e. The second-order valence-electron chi connectivity index (χ2n) is 4.58. The number of nitrogens with one attached hydrogen (secondary N) is 1. The number of carbonyl (C=O) groups is 1. The summed E-state index contributed by atoms with van der Waals surface area (Å²) in [6.07, 6.45) is 0. The van der Waals surface area contributed by atoms with E-state index in [4.69, 9.17) is 11.6 Å². The van der Waals surface area contributed by atoms with Gasteiger partial charge in [-0.05, 0) is 36.8 Å². The molecule has 0 saturated carbocycles. The quantitative estimate of drug-likeness (QED) is 0.861. The minimum atomic E-state index is -0.415. The van der Waals surface area contributed by atoms with Crippen LogP contribution in [-0.4, -0.2) is 13.1 Å². The Labute approximate surface area is 127 Å². The first-order chi connectivity index (χ1) is 10.0. The SMILES string of the molecule is COC(=O)c1ccc(C)c(NCc2c(F)cccc2Cl)c1. The number of anilines is 1. The predicted octanol–water partition coefficient (Wildman–Crippen LogP) is 4.19. The van der Waals surface area contributed by atoms with Crippen LogP contribution in [0.2, 0.25) is 5.02 Å². The first-order valence-corrected chi connectivity index (χ1v) is 6.76. The van der Waals surface area contributed by atoms with Gasteiger partial charge in [-0.3, -0.25) is 0 Å². The van der Waals surface area contributed by atoms with E-state index in [0.29, 0.717) is 16.1 Å². The number of hydrogen-bond donors (Lipinski definition) is 1. The topological polar surface area (TPSA) is 38.3 Å². The molecule has 0 aliphatic carbocycles. The van der Waals surface area contributed by atoms with E-state index in [1.165, 1.54) is 13.2 Å². The van der Waals surface area contributed by atoms with Gasteiger partial charge in [-0.15, -0.1) is 0 Å². The molecule has 0 saturated heterocycles. The first kappa shape index (κ1) is 15.3. The Balaban J connectivity index is 2.22. The van der Waals surface area contributed by atoms with Gasteiger partial charge in [0.1, 0.15) is 5.82 Å². The minimum Gasteiger partial charge on any atom is -0.465 e. The fourth-order valence-electron chi connectivity index (χ4n) is 1.94. The Bertz CT molecular complexity index is 653. The van der Waals surface area contributed by atoms with E-state index >= 15 is 0 Å². The number of halogens is 2. The summed E-state index contributed by atoms with van der Waals surface area (Å²) in [5, 5.41) is 3.46. The van der Waals surface area contributed by atoms with Crippen LogP contribution >= 0.6 is 11.6 Å². The molecule has 0 spiro atoms. The lowest BCUT2D eigenvalue weighted by Gasteiger charge is -2.12. The summed E-state index contributed by atoms with van der Waals surface area (Å²) >= 11 is 5.99. The minimum absolute atomic E-state index is 0.233. The zero-order valence-electron chi connectivity index (χ0n) is 11.7. The van der Waals surface area contributed by atoms with E-state index in [2.05, 4.69) is 10.1 Å². The molecule has 0 unspecified atom stereocenters. The average Bonchev–Trinajstić information content (AvgIpc) is 2.47. The molecule has 110 valence electrons. The van der Waals surface area contributed by atoms with Gasteiger partial charge in [-0.1, -0.05) is 23.7 Å². The van der Waals surface area contributed by atoms with E-state index in [-0.39, 0.29) is 12.4 Å². The molecule has 5 heteroatoms. The van der Waals surface area contributed by atoms with E-state index in [1.54, 1.807) is 30.3 Å². The third-order valence-corrected chi connectivity index (χ3v) is 3.53. The van der Waals surface area contributed by atoms with Gasteiger partial charge >= 0.3 is 5.97 Å². The number of aryl methyl sites for hydroxylation is 1. The Hall–Kier alpha value is -2.07. The van der Waals surface area contributed by atoms with E-state index in [9.17, 15) is 9.18 Å². The molecule has 2 rings (SSSR count). The standard InChI is InChI=1S/C16H15ClFNO2/c1-10-6-7-11(16(20)21-2)8-15(10)19-9-12-13(17)4-3-5-14(12)18/h3-8,19H,9H2,1-2H3. The van der Waals surface area contributed by atoms with E-state index in [1.807, 2.05) is 6.92 Å². The van der Waals surface area contributed by atoms with Gasteiger partial charge in [-0.2, -0.15) is 0 Å². The number of benzene rings is 2. The lowest BCUT2D eigenvalue weighted by atomic mass is 10.1. The maximum absolute atomic E-state index is 13.7. The molecule has 0 amide bonds. The summed E-state index contributed by atoms with van der Waals surface area (Å²) in [6.45, 7) is 2.13. The lowest BCUT2D eigenvalue weighted by Crippen LogP contribution is -2.06. The highest BCUT2D eigenvalue weighted by atomic mass is 35.5. The van der Waals surface area contributed by atoms with Crippen molar-refractivity contribution in [1.29, 1.82) is 0 Å². The van der Waals surface area contributed by atoms with Crippen LogP contribution < -0.4 is 5.32 Å². The normalized spacial score (nSPS) is 10.3. The molecular weight excluding hydrogens is 293 g/mol. The maximum Gasteiger partial charge on any atom is 0.337 e. The molecule has 2 aromatic carbocycles. The van der Waals surface area contributed by atoms with Crippen molar-refractivity contribution in [3.63, 3.8) is 0 Å². The molecule has 0 bridgehead atoms. The number of methoxy groups -OCH3 is 1. The molecule has 21 heavy (non-hydrogen) atoms. The fraction of sp³-hybridized carbons (Fsp3) is 0.188. The second kappa shape index (κ2) is 6.59. The lowest BCUT2D eigenvalue weighted by molar-refractivity contribution is 0.0601. The Morgan fingerprint density at radius 1 is 1.33 bits per heavy atom. The summed E-state index contributed by atoms with van der Waals surface area (Å²) in [5.41, 5.74) is 2.50. The summed E-state index contributed by atoms with van der Waals surface area (Å²) in [6, 6.07) is 9.72. The van der Waals surface area contributed by atoms with Crippen molar-refractivity contribution in [1.82, 2.24) is 0 Å². The number of carbonyl (C=O) groups excluding carboxylic acids is 1. The Kier molecular flexibility index (Phi) is 4.81. The summed E-state index contributed by atoms with van der Waals surface area (Å²) < 4.78 is 18.4. The van der Waals surface area contributed by atoms with Crippen LogP contribution in [0.3, 0.4) is 0 Å². The van der Waals surface area contributed by atoms with Gasteiger partial charge in [0, 0.05) is 22.8 Å². The highest BCUT2D eigenvalue weighted by molar-refractivity contribution is 6.31. The molecule has 0 fully saturated rings. The number of ether oxygens (including phenoxy) is 1. The number of hydrogen-bond acceptors (Lipinski definition) is 3. The summed E-state index contributed by atoms with van der Waals surface area (Å²) in [7, 11) is 1.33. The zero-order valence-corrected chi connectivity index (χ0v) is 12.5. The monoisotopic (exact) mass is 307 g/mol. The predicted molar refractivity (Wildman–Crippen MR) is 81.3 cm³/mol. The molecule has 1 N–H and O–H groups in total. The van der Waals surface area contributed by atoms with Crippen molar-refractivity contribution in [2.45, 2.75) is 13.5 Å². The van der Waals surface area contributed by atoms with Crippen LogP contribution in [0.4, 0.5) is 10.1 Å². The van der Waals surface area contributed by atoms with Gasteiger partial charge in [0.2, 0.25) is 0 Å². The van der Waals surface area contributed by atoms with Crippen molar-refractivity contribution in [3.8, 4) is 0 Å². The van der Waals surface area contributed by atoms with Crippen molar-refractivity contribution in [2.75, 3.05) is 12.4 Å². The highest BCUT2D eigenvalue weighted by Gasteiger charge is 2.10. The fourth-order valence-corrected chi connectivity index (χ4v) is 2.17. The van der Waals surface area contributed by atoms with Crippen LogP contribution in [-0.2, 0) is 11.3 Å². The second-order valence-corrected chi connectivity index (χ2v) is 4.98. The maximum atomic E-state index is 13.7. The highest BCUT2D eigenvalue weighted by Crippen LogP contribution is 2.22. The Morgan fingerprint density at radius 2 is 2.10 bits per heavy atom. The van der Waals surface area contributed by atoms with Crippen molar-refractivity contribution in [2.24, 2.45) is 0 Å². The average molecular weight is 308 g/mol. The molecule has 3 nitrogen and oxygen atoms in total. The molecule has 0 atom stereocenters. The first-order valence-electron chi connectivity index (χ1n) is 6.38. The van der Waals surface area contributed by atoms with Crippen molar-refractivity contribution >= 4 is 23.3 Å². The zero-order chi connectivity index (χ0) is 15.4. The van der Waals surface area contributed by atoms with Crippen molar-refractivity contribution < 1.29 is 13.9 Å². The van der Waals surface area contributed by atoms with Gasteiger partial charge in [0.05, 0.1) is 12.7 Å². The van der Waals surface area contributed by atoms with Gasteiger partial charge in [-0.25, -0.2) is 9.18 Å². The summed E-state index contributed by atoms with van der Waals surface area (Å²) in [5.74, 6) is -0.779. The Morgan fingerprint density at radius 3 is 2.76 bits per heavy atom.